The molecule has 88 valence electrons. The molecule has 16 heavy (non-hydrogen) atoms. The van der Waals surface area contributed by atoms with E-state index in [0.29, 0.717) is 5.25 Å². The molecule has 2 atom stereocenters. The van der Waals surface area contributed by atoms with Gasteiger partial charge >= 0.3 is 0 Å². The van der Waals surface area contributed by atoms with Crippen molar-refractivity contribution in [1.29, 1.82) is 0 Å². The molecular formula is C10H15N3OS2. The molecule has 1 aromatic rings. The quantitative estimate of drug-likeness (QED) is 0.874. The number of hydrogen-bond donors (Lipinski definition) is 1. The molecule has 6 heteroatoms. The van der Waals surface area contributed by atoms with Crippen LogP contribution in [0.15, 0.2) is 4.52 Å². The van der Waals surface area contributed by atoms with Crippen LogP contribution >= 0.6 is 23.5 Å². The average molecular weight is 257 g/mol. The van der Waals surface area contributed by atoms with Gasteiger partial charge in [0.05, 0.1) is 11.3 Å². The highest BCUT2D eigenvalue weighted by Crippen LogP contribution is 2.38. The highest BCUT2D eigenvalue weighted by atomic mass is 32.2. The first-order valence-corrected chi connectivity index (χ1v) is 7.90. The van der Waals surface area contributed by atoms with Crippen LogP contribution in [0.5, 0.6) is 0 Å². The summed E-state index contributed by atoms with van der Waals surface area (Å²) >= 11 is 3.89. The Kier molecular flexibility index (Phi) is 3.40. The molecule has 2 saturated heterocycles. The Morgan fingerprint density at radius 3 is 3.12 bits per heavy atom. The molecule has 0 saturated carbocycles. The summed E-state index contributed by atoms with van der Waals surface area (Å²) in [5, 5.41) is 8.00. The second-order valence-electron chi connectivity index (χ2n) is 4.07. The summed E-state index contributed by atoms with van der Waals surface area (Å²) in [5.41, 5.74) is 0. The topological polar surface area (TPSA) is 51.0 Å². The molecule has 0 amide bonds. The van der Waals surface area contributed by atoms with Gasteiger partial charge in [-0.3, -0.25) is 0 Å². The van der Waals surface area contributed by atoms with Crippen LogP contribution in [0.1, 0.15) is 35.8 Å². The Hall–Kier alpha value is -0.200. The molecule has 2 aliphatic heterocycles. The molecule has 3 heterocycles. The molecule has 2 unspecified atom stereocenters. The molecule has 0 aliphatic carbocycles. The van der Waals surface area contributed by atoms with Crippen LogP contribution in [-0.4, -0.2) is 33.9 Å². The van der Waals surface area contributed by atoms with Crippen molar-refractivity contribution >= 4 is 23.5 Å². The van der Waals surface area contributed by atoms with Gasteiger partial charge in [-0.2, -0.15) is 28.5 Å². The molecule has 2 fully saturated rings. The Labute approximate surface area is 103 Å². The van der Waals surface area contributed by atoms with Gasteiger partial charge < -0.3 is 9.84 Å². The summed E-state index contributed by atoms with van der Waals surface area (Å²) in [7, 11) is 0. The molecule has 0 aromatic carbocycles. The lowest BCUT2D eigenvalue weighted by Crippen LogP contribution is -2.30. The predicted molar refractivity (Wildman–Crippen MR) is 66.8 cm³/mol. The molecule has 1 N–H and O–H groups in total. The Balaban J connectivity index is 1.71. The number of hydrogen-bond acceptors (Lipinski definition) is 6. The van der Waals surface area contributed by atoms with Crippen molar-refractivity contribution in [3.63, 3.8) is 0 Å². The van der Waals surface area contributed by atoms with Crippen LogP contribution < -0.4 is 5.32 Å². The van der Waals surface area contributed by atoms with Crippen molar-refractivity contribution in [3.8, 4) is 0 Å². The van der Waals surface area contributed by atoms with Crippen molar-refractivity contribution in [1.82, 2.24) is 15.5 Å². The lowest BCUT2D eigenvalue weighted by Gasteiger charge is -2.19. The van der Waals surface area contributed by atoms with Gasteiger partial charge in [0.15, 0.2) is 5.82 Å². The first kappa shape index (κ1) is 10.9. The van der Waals surface area contributed by atoms with Gasteiger partial charge in [0.2, 0.25) is 5.89 Å². The van der Waals surface area contributed by atoms with Crippen molar-refractivity contribution in [2.45, 2.75) is 24.1 Å². The van der Waals surface area contributed by atoms with Crippen LogP contribution in [0.4, 0.5) is 0 Å². The van der Waals surface area contributed by atoms with Crippen molar-refractivity contribution in [3.05, 3.63) is 11.7 Å². The average Bonchev–Trinajstić information content (AvgIpc) is 3.01. The third kappa shape index (κ3) is 2.24. The summed E-state index contributed by atoms with van der Waals surface area (Å²) in [6.45, 7) is 1.03. The molecule has 3 rings (SSSR count). The maximum atomic E-state index is 5.37. The van der Waals surface area contributed by atoms with E-state index in [1.54, 1.807) is 0 Å². The van der Waals surface area contributed by atoms with E-state index in [0.717, 1.165) is 24.0 Å². The van der Waals surface area contributed by atoms with Crippen molar-refractivity contribution < 1.29 is 4.52 Å². The van der Waals surface area contributed by atoms with Gasteiger partial charge in [-0.25, -0.2) is 0 Å². The summed E-state index contributed by atoms with van der Waals surface area (Å²) in [4.78, 5) is 4.54. The second-order valence-corrected chi connectivity index (χ2v) is 6.53. The molecule has 4 nitrogen and oxygen atoms in total. The van der Waals surface area contributed by atoms with Crippen LogP contribution in [0.25, 0.3) is 0 Å². The molecular weight excluding hydrogens is 242 g/mol. The molecule has 2 aliphatic rings. The first-order valence-electron chi connectivity index (χ1n) is 5.70. The summed E-state index contributed by atoms with van der Waals surface area (Å²) < 4.78 is 5.37. The highest BCUT2D eigenvalue weighted by Gasteiger charge is 2.26. The van der Waals surface area contributed by atoms with Gasteiger partial charge in [0, 0.05) is 18.1 Å². The molecule has 1 aromatic heterocycles. The number of rotatable bonds is 2. The minimum atomic E-state index is 0.256. The summed E-state index contributed by atoms with van der Waals surface area (Å²) in [6.07, 6.45) is 2.47. The lowest BCUT2D eigenvalue weighted by molar-refractivity contribution is 0.338. The van der Waals surface area contributed by atoms with E-state index in [-0.39, 0.29) is 6.04 Å². The zero-order valence-electron chi connectivity index (χ0n) is 9.02. The third-order valence-electron chi connectivity index (χ3n) is 2.89. The fraction of sp³-hybridized carbons (Fsp3) is 0.800. The van der Waals surface area contributed by atoms with Crippen LogP contribution in [0, 0.1) is 0 Å². The summed E-state index contributed by atoms with van der Waals surface area (Å²) in [6, 6.07) is 0.256. The van der Waals surface area contributed by atoms with Gasteiger partial charge in [-0.05, 0) is 18.6 Å². The van der Waals surface area contributed by atoms with E-state index in [1.165, 1.54) is 24.3 Å². The van der Waals surface area contributed by atoms with E-state index in [9.17, 15) is 0 Å². The smallest absolute Gasteiger partial charge is 0.244 e. The molecule has 0 spiro atoms. The van der Waals surface area contributed by atoms with E-state index < -0.39 is 0 Å². The SMILES string of the molecule is C1CSC(c2noc(C3CSCCN3)n2)C1. The van der Waals surface area contributed by atoms with Crippen LogP contribution in [0.2, 0.25) is 0 Å². The van der Waals surface area contributed by atoms with Gasteiger partial charge in [0.1, 0.15) is 0 Å². The van der Waals surface area contributed by atoms with Crippen molar-refractivity contribution in [2.75, 3.05) is 23.8 Å². The van der Waals surface area contributed by atoms with Crippen LogP contribution in [-0.2, 0) is 0 Å². The lowest BCUT2D eigenvalue weighted by atomic mass is 10.2. The minimum Gasteiger partial charge on any atom is -0.338 e. The standard InChI is InChI=1S/C10H15N3OS2/c1-2-8(16-4-1)9-12-10(14-13-9)7-6-15-5-3-11-7/h7-8,11H,1-6H2. The molecule has 0 radical (unpaired) electrons. The second kappa shape index (κ2) is 4.98. The van der Waals surface area contributed by atoms with Crippen LogP contribution in [0.3, 0.4) is 0 Å². The van der Waals surface area contributed by atoms with Gasteiger partial charge in [-0.15, -0.1) is 0 Å². The zero-order chi connectivity index (χ0) is 10.8. The van der Waals surface area contributed by atoms with E-state index >= 15 is 0 Å². The molecule has 0 bridgehead atoms. The third-order valence-corrected chi connectivity index (χ3v) is 5.33. The van der Waals surface area contributed by atoms with E-state index in [1.807, 2.05) is 23.5 Å². The number of nitrogens with zero attached hydrogens (tertiary/aromatic N) is 2. The number of aromatic nitrogens is 2. The van der Waals surface area contributed by atoms with E-state index in [2.05, 4.69) is 15.5 Å². The van der Waals surface area contributed by atoms with E-state index in [4.69, 9.17) is 4.52 Å². The maximum Gasteiger partial charge on any atom is 0.244 e. The highest BCUT2D eigenvalue weighted by molar-refractivity contribution is 7.99. The zero-order valence-corrected chi connectivity index (χ0v) is 10.6. The predicted octanol–water partition coefficient (Wildman–Crippen LogP) is 2.02. The number of thioether (sulfide) groups is 2. The Morgan fingerprint density at radius 1 is 1.38 bits per heavy atom. The number of nitrogens with one attached hydrogen (secondary N) is 1. The van der Waals surface area contributed by atoms with Gasteiger partial charge in [0.25, 0.3) is 0 Å². The monoisotopic (exact) mass is 257 g/mol. The fourth-order valence-electron chi connectivity index (χ4n) is 2.02. The Bertz CT molecular complexity index is 346. The summed E-state index contributed by atoms with van der Waals surface area (Å²) in [5.74, 6) is 5.12. The first-order chi connectivity index (χ1) is 7.93. The maximum absolute atomic E-state index is 5.37. The Morgan fingerprint density at radius 2 is 2.38 bits per heavy atom. The largest absolute Gasteiger partial charge is 0.338 e. The minimum absolute atomic E-state index is 0.256. The van der Waals surface area contributed by atoms with Gasteiger partial charge in [-0.1, -0.05) is 5.16 Å². The fourth-order valence-corrected chi connectivity index (χ4v) is 4.15. The van der Waals surface area contributed by atoms with Crippen molar-refractivity contribution in [2.24, 2.45) is 0 Å². The normalized spacial score (nSPS) is 30.8.